The second-order valence-electron chi connectivity index (χ2n) is 6.90. The molecule has 0 saturated heterocycles. The minimum atomic E-state index is -0.597. The summed E-state index contributed by atoms with van der Waals surface area (Å²) in [6.45, 7) is 7.03. The van der Waals surface area contributed by atoms with Crippen LogP contribution in [0.4, 0.5) is 0 Å². The average Bonchev–Trinajstić information content (AvgIpc) is 2.53. The molecule has 0 bridgehead atoms. The Kier molecular flexibility index (Phi) is 5.01. The van der Waals surface area contributed by atoms with E-state index < -0.39 is 22.7 Å². The van der Waals surface area contributed by atoms with Crippen LogP contribution in [0.5, 0.6) is 5.75 Å². The Balaban J connectivity index is 2.72. The fourth-order valence-electron chi connectivity index (χ4n) is 2.69. The van der Waals surface area contributed by atoms with E-state index in [0.29, 0.717) is 12.2 Å². The summed E-state index contributed by atoms with van der Waals surface area (Å²) in [5.74, 6) is -0.0253. The molecular formula is C17H24N4O4. The molecule has 0 aromatic carbocycles. The Morgan fingerprint density at radius 3 is 2.48 bits per heavy atom. The molecule has 1 amide bonds. The molecule has 8 heteroatoms. The zero-order valence-electron chi connectivity index (χ0n) is 15.5. The second kappa shape index (κ2) is 6.70. The number of hydrogen-bond acceptors (Lipinski definition) is 5. The first-order valence-electron chi connectivity index (χ1n) is 8.07. The number of aryl methyl sites for hydroxylation is 2. The molecule has 0 atom stereocenters. The summed E-state index contributed by atoms with van der Waals surface area (Å²) in [5, 5.41) is 2.95. The summed E-state index contributed by atoms with van der Waals surface area (Å²) in [6, 6.07) is 0. The van der Waals surface area contributed by atoms with E-state index in [1.165, 1.54) is 18.7 Å². The summed E-state index contributed by atoms with van der Waals surface area (Å²) in [6.07, 6.45) is 2.22. The van der Waals surface area contributed by atoms with Gasteiger partial charge < -0.3 is 10.1 Å². The number of rotatable bonds is 4. The number of nitrogens with zero attached hydrogens (tertiary/aromatic N) is 3. The maximum Gasteiger partial charge on any atom is 0.332 e. The largest absolute Gasteiger partial charge is 0.495 e. The van der Waals surface area contributed by atoms with Gasteiger partial charge in [0.05, 0.1) is 7.11 Å². The van der Waals surface area contributed by atoms with Crippen molar-refractivity contribution in [2.75, 3.05) is 7.11 Å². The Morgan fingerprint density at radius 1 is 1.32 bits per heavy atom. The van der Waals surface area contributed by atoms with E-state index in [9.17, 15) is 14.4 Å². The average molecular weight is 348 g/mol. The van der Waals surface area contributed by atoms with Crippen LogP contribution in [-0.2, 0) is 24.8 Å². The van der Waals surface area contributed by atoms with Crippen molar-refractivity contribution >= 4 is 16.9 Å². The molecule has 25 heavy (non-hydrogen) atoms. The Labute approximate surface area is 145 Å². The van der Waals surface area contributed by atoms with Crippen LogP contribution in [0, 0.1) is 0 Å². The number of pyridine rings is 1. The van der Waals surface area contributed by atoms with Crippen LogP contribution < -0.4 is 21.3 Å². The topological polar surface area (TPSA) is 95.2 Å². The normalized spacial score (nSPS) is 11.6. The third-order valence-electron chi connectivity index (χ3n) is 3.78. The highest BCUT2D eigenvalue weighted by atomic mass is 16.5. The van der Waals surface area contributed by atoms with Crippen molar-refractivity contribution in [2.45, 2.75) is 46.2 Å². The van der Waals surface area contributed by atoms with Crippen molar-refractivity contribution in [3.05, 3.63) is 32.6 Å². The van der Waals surface area contributed by atoms with Gasteiger partial charge in [-0.25, -0.2) is 14.3 Å². The lowest BCUT2D eigenvalue weighted by atomic mass is 10.1. The monoisotopic (exact) mass is 348 g/mol. The lowest BCUT2D eigenvalue weighted by Gasteiger charge is -2.21. The summed E-state index contributed by atoms with van der Waals surface area (Å²) in [5.41, 5.74) is -0.646. The molecule has 2 aromatic heterocycles. The first kappa shape index (κ1) is 18.7. The smallest absolute Gasteiger partial charge is 0.332 e. The third-order valence-corrected chi connectivity index (χ3v) is 3.78. The lowest BCUT2D eigenvalue weighted by Crippen LogP contribution is -2.47. The van der Waals surface area contributed by atoms with E-state index in [1.807, 2.05) is 27.7 Å². The number of carbonyl (C=O) groups is 1. The molecule has 0 radical (unpaired) electrons. The molecule has 2 rings (SSSR count). The van der Waals surface area contributed by atoms with Crippen LogP contribution in [0.3, 0.4) is 0 Å². The maximum atomic E-state index is 12.9. The predicted octanol–water partition coefficient (Wildman–Crippen LogP) is 0.581. The van der Waals surface area contributed by atoms with Gasteiger partial charge in [0.15, 0.2) is 5.65 Å². The van der Waals surface area contributed by atoms with Crippen LogP contribution in [0.15, 0.2) is 15.8 Å². The number of hydrogen-bond donors (Lipinski definition) is 1. The number of nitrogens with one attached hydrogen (secondary N) is 1. The highest BCUT2D eigenvalue weighted by Gasteiger charge is 2.21. The summed E-state index contributed by atoms with van der Waals surface area (Å²) in [4.78, 5) is 41.8. The van der Waals surface area contributed by atoms with E-state index in [0.717, 1.165) is 10.1 Å². The van der Waals surface area contributed by atoms with Crippen molar-refractivity contribution in [3.63, 3.8) is 0 Å². The Morgan fingerprint density at radius 2 is 1.96 bits per heavy atom. The second-order valence-corrected chi connectivity index (χ2v) is 6.90. The molecular weight excluding hydrogens is 324 g/mol. The highest BCUT2D eigenvalue weighted by molar-refractivity contribution is 5.83. The third kappa shape index (κ3) is 3.57. The fraction of sp³-hybridized carbons (Fsp3) is 0.529. The van der Waals surface area contributed by atoms with E-state index in [4.69, 9.17) is 4.74 Å². The van der Waals surface area contributed by atoms with Gasteiger partial charge in [-0.15, -0.1) is 0 Å². The van der Waals surface area contributed by atoms with E-state index in [1.54, 1.807) is 6.20 Å². The van der Waals surface area contributed by atoms with Crippen molar-refractivity contribution < 1.29 is 9.53 Å². The van der Waals surface area contributed by atoms with Crippen molar-refractivity contribution in [3.8, 4) is 5.75 Å². The number of aromatic nitrogens is 3. The van der Waals surface area contributed by atoms with E-state index in [2.05, 4.69) is 10.3 Å². The molecule has 2 aromatic rings. The molecule has 8 nitrogen and oxygen atoms in total. The van der Waals surface area contributed by atoms with Crippen molar-refractivity contribution in [1.82, 2.24) is 19.4 Å². The first-order valence-corrected chi connectivity index (χ1v) is 8.07. The van der Waals surface area contributed by atoms with Crippen molar-refractivity contribution in [2.24, 2.45) is 7.05 Å². The summed E-state index contributed by atoms with van der Waals surface area (Å²) < 4.78 is 7.56. The number of carbonyl (C=O) groups excluding carboxylic acids is 1. The standard InChI is InChI=1S/C17H24N4O4/c1-7-10-8-18-14-12(13(10)25-6)15(23)21(16(24)20(14)5)9-11(22)19-17(2,3)4/h8H,7,9H2,1-6H3,(H,19,22). The SMILES string of the molecule is CCc1cnc2c(c1OC)c(=O)n(CC(=O)NC(C)(C)C)c(=O)n2C. The number of ether oxygens (including phenoxy) is 1. The quantitative estimate of drug-likeness (QED) is 0.872. The molecule has 0 aliphatic rings. The fourth-order valence-corrected chi connectivity index (χ4v) is 2.69. The number of methoxy groups -OCH3 is 1. The van der Waals surface area contributed by atoms with Gasteiger partial charge in [-0.1, -0.05) is 6.92 Å². The molecule has 2 heterocycles. The van der Waals surface area contributed by atoms with Gasteiger partial charge in [0.2, 0.25) is 5.91 Å². The Hall–Kier alpha value is -2.64. The zero-order valence-corrected chi connectivity index (χ0v) is 15.5. The molecule has 0 fully saturated rings. The Bertz CT molecular complexity index is 935. The molecule has 0 spiro atoms. The van der Waals surface area contributed by atoms with Gasteiger partial charge >= 0.3 is 5.69 Å². The van der Waals surface area contributed by atoms with Gasteiger partial charge in [-0.2, -0.15) is 0 Å². The van der Waals surface area contributed by atoms with Crippen LogP contribution in [0.1, 0.15) is 33.3 Å². The minimum Gasteiger partial charge on any atom is -0.495 e. The van der Waals surface area contributed by atoms with E-state index in [-0.39, 0.29) is 17.6 Å². The first-order chi connectivity index (χ1) is 11.6. The molecule has 136 valence electrons. The summed E-state index contributed by atoms with van der Waals surface area (Å²) >= 11 is 0. The van der Waals surface area contributed by atoms with Crippen LogP contribution in [0.25, 0.3) is 11.0 Å². The zero-order chi connectivity index (χ0) is 18.9. The lowest BCUT2D eigenvalue weighted by molar-refractivity contribution is -0.123. The van der Waals surface area contributed by atoms with E-state index >= 15 is 0 Å². The predicted molar refractivity (Wildman–Crippen MR) is 95.1 cm³/mol. The molecule has 1 N–H and O–H groups in total. The maximum absolute atomic E-state index is 12.9. The molecule has 0 aliphatic carbocycles. The molecule has 0 saturated carbocycles. The number of fused-ring (bicyclic) bond motifs is 1. The van der Waals surface area contributed by atoms with Gasteiger partial charge in [0, 0.05) is 24.3 Å². The van der Waals surface area contributed by atoms with Crippen LogP contribution in [0.2, 0.25) is 0 Å². The summed E-state index contributed by atoms with van der Waals surface area (Å²) in [7, 11) is 2.98. The van der Waals surface area contributed by atoms with Crippen LogP contribution >= 0.6 is 0 Å². The van der Waals surface area contributed by atoms with Gasteiger partial charge in [0.1, 0.15) is 17.7 Å². The highest BCUT2D eigenvalue weighted by Crippen LogP contribution is 2.24. The van der Waals surface area contributed by atoms with Gasteiger partial charge in [-0.3, -0.25) is 14.2 Å². The van der Waals surface area contributed by atoms with Crippen LogP contribution in [-0.4, -0.2) is 32.7 Å². The van der Waals surface area contributed by atoms with Gasteiger partial charge in [0.25, 0.3) is 5.56 Å². The molecule has 0 unspecified atom stereocenters. The number of amides is 1. The van der Waals surface area contributed by atoms with Crippen molar-refractivity contribution in [1.29, 1.82) is 0 Å². The molecule has 0 aliphatic heterocycles. The minimum absolute atomic E-state index is 0.201. The van der Waals surface area contributed by atoms with Gasteiger partial charge in [-0.05, 0) is 27.2 Å².